The maximum Gasteiger partial charge on any atom is 0.326 e. The van der Waals surface area contributed by atoms with Crippen molar-refractivity contribution < 1.29 is 14.3 Å². The van der Waals surface area contributed by atoms with E-state index < -0.39 is 11.9 Å². The highest BCUT2D eigenvalue weighted by Crippen LogP contribution is 2.43. The summed E-state index contributed by atoms with van der Waals surface area (Å²) in [6.07, 6.45) is 1.68. The molecule has 4 rings (SSSR count). The first-order valence-electron chi connectivity index (χ1n) is 11.4. The number of nitrogens with one attached hydrogen (secondary N) is 2. The monoisotopic (exact) mass is 448 g/mol. The van der Waals surface area contributed by atoms with Crippen molar-refractivity contribution in [3.63, 3.8) is 0 Å². The van der Waals surface area contributed by atoms with Crippen molar-refractivity contribution in [3.8, 4) is 16.9 Å². The van der Waals surface area contributed by atoms with Crippen LogP contribution in [0.3, 0.4) is 0 Å². The van der Waals surface area contributed by atoms with E-state index in [0.29, 0.717) is 12.1 Å². The van der Waals surface area contributed by atoms with Crippen molar-refractivity contribution in [1.29, 1.82) is 0 Å². The second-order valence-corrected chi connectivity index (χ2v) is 9.16. The van der Waals surface area contributed by atoms with Crippen LogP contribution in [0.1, 0.15) is 38.8 Å². The largest absolute Gasteiger partial charge is 0.496 e. The van der Waals surface area contributed by atoms with Gasteiger partial charge in [-0.05, 0) is 81.7 Å². The number of urea groups is 1. The Morgan fingerprint density at radius 1 is 0.909 bits per heavy atom. The van der Waals surface area contributed by atoms with Gasteiger partial charge in [0.05, 0.1) is 18.5 Å². The number of amides is 3. The van der Waals surface area contributed by atoms with Crippen LogP contribution >= 0.6 is 0 Å². The third-order valence-electron chi connectivity index (χ3n) is 6.31. The van der Waals surface area contributed by atoms with E-state index in [2.05, 4.69) is 67.2 Å². The number of rotatable bonds is 5. The summed E-state index contributed by atoms with van der Waals surface area (Å²) in [5, 5.41) is 4.78. The Hall–Kier alpha value is -3.48. The molecule has 2 aromatic rings. The highest BCUT2D eigenvalue weighted by atomic mass is 16.5. The Labute approximate surface area is 195 Å². The average molecular weight is 449 g/mol. The van der Waals surface area contributed by atoms with E-state index in [0.717, 1.165) is 41.1 Å². The standard InChI is InChI=1S/C26H32N4O3/c1-15(2)29-9-10-30(16(3)4)23-14-19(17(5)11-22(23)29)20-12-18(7-8-24(20)33-6)13-21-25(31)28-26(32)27-21/h7-8,11-16H,9-10H2,1-6H3,(H2,27,28,31,32)/b21-13+. The Bertz CT molecular complexity index is 1140. The van der Waals surface area contributed by atoms with Crippen LogP contribution in [0.2, 0.25) is 0 Å². The minimum atomic E-state index is -0.506. The third kappa shape index (κ3) is 4.27. The van der Waals surface area contributed by atoms with Gasteiger partial charge in [0.2, 0.25) is 0 Å². The maximum absolute atomic E-state index is 12.0. The van der Waals surface area contributed by atoms with Crippen molar-refractivity contribution in [3.05, 3.63) is 47.2 Å². The lowest BCUT2D eigenvalue weighted by atomic mass is 9.94. The molecule has 33 heavy (non-hydrogen) atoms. The number of carbonyl (C=O) groups excluding carboxylic acids is 2. The average Bonchev–Trinajstić information content (AvgIpc) is 3.08. The van der Waals surface area contributed by atoms with Crippen LogP contribution in [-0.2, 0) is 4.79 Å². The van der Waals surface area contributed by atoms with Crippen LogP contribution in [0.25, 0.3) is 17.2 Å². The summed E-state index contributed by atoms with van der Waals surface area (Å²) < 4.78 is 5.70. The molecule has 174 valence electrons. The summed E-state index contributed by atoms with van der Waals surface area (Å²) >= 11 is 0. The summed E-state index contributed by atoms with van der Waals surface area (Å²) in [5.74, 6) is 0.330. The van der Waals surface area contributed by atoms with E-state index in [-0.39, 0.29) is 5.70 Å². The van der Waals surface area contributed by atoms with Gasteiger partial charge in [0.15, 0.2) is 0 Å². The highest BCUT2D eigenvalue weighted by Gasteiger charge is 2.28. The lowest BCUT2D eigenvalue weighted by molar-refractivity contribution is -0.115. The second-order valence-electron chi connectivity index (χ2n) is 9.16. The first-order valence-corrected chi connectivity index (χ1v) is 11.4. The molecule has 0 unspecified atom stereocenters. The number of benzene rings is 2. The van der Waals surface area contributed by atoms with E-state index in [1.807, 2.05) is 18.2 Å². The summed E-state index contributed by atoms with van der Waals surface area (Å²) in [6.45, 7) is 13.0. The summed E-state index contributed by atoms with van der Waals surface area (Å²) in [6, 6.07) is 10.6. The Morgan fingerprint density at radius 3 is 2.09 bits per heavy atom. The zero-order chi connectivity index (χ0) is 23.9. The summed E-state index contributed by atoms with van der Waals surface area (Å²) in [5.41, 5.74) is 6.70. The van der Waals surface area contributed by atoms with Crippen molar-refractivity contribution in [2.24, 2.45) is 0 Å². The molecule has 0 aromatic heterocycles. The van der Waals surface area contributed by atoms with Crippen LogP contribution in [0.5, 0.6) is 5.75 Å². The quantitative estimate of drug-likeness (QED) is 0.527. The molecule has 7 heteroatoms. The van der Waals surface area contributed by atoms with E-state index in [1.165, 1.54) is 11.4 Å². The molecular formula is C26H32N4O3. The topological polar surface area (TPSA) is 73.9 Å². The first kappa shape index (κ1) is 22.7. The highest BCUT2D eigenvalue weighted by molar-refractivity contribution is 6.14. The Kier molecular flexibility index (Phi) is 6.06. The molecule has 2 heterocycles. The minimum absolute atomic E-state index is 0.233. The smallest absolute Gasteiger partial charge is 0.326 e. The molecule has 2 aromatic carbocycles. The molecule has 1 saturated heterocycles. The molecule has 2 aliphatic heterocycles. The molecule has 0 aliphatic carbocycles. The number of fused-ring (bicyclic) bond motifs is 1. The number of imide groups is 1. The molecule has 1 fully saturated rings. The number of hydrogen-bond donors (Lipinski definition) is 2. The zero-order valence-corrected chi connectivity index (χ0v) is 20.2. The van der Waals surface area contributed by atoms with Crippen LogP contribution < -0.4 is 25.2 Å². The molecule has 2 aliphatic rings. The van der Waals surface area contributed by atoms with Gasteiger partial charge < -0.3 is 19.9 Å². The van der Waals surface area contributed by atoms with Gasteiger partial charge in [-0.2, -0.15) is 0 Å². The van der Waals surface area contributed by atoms with Crippen LogP contribution in [-0.4, -0.2) is 44.2 Å². The second kappa shape index (κ2) is 8.81. The maximum atomic E-state index is 12.0. The molecule has 3 amide bonds. The number of carbonyl (C=O) groups is 2. The van der Waals surface area contributed by atoms with Crippen LogP contribution in [0.4, 0.5) is 16.2 Å². The number of hydrogen-bond acceptors (Lipinski definition) is 5. The fourth-order valence-electron chi connectivity index (χ4n) is 4.64. The van der Waals surface area contributed by atoms with Crippen molar-refractivity contribution in [2.45, 2.75) is 46.7 Å². The summed E-state index contributed by atoms with van der Waals surface area (Å²) in [4.78, 5) is 28.4. The Balaban J connectivity index is 1.85. The third-order valence-corrected chi connectivity index (χ3v) is 6.31. The molecule has 7 nitrogen and oxygen atoms in total. The van der Waals surface area contributed by atoms with E-state index in [4.69, 9.17) is 4.74 Å². The van der Waals surface area contributed by atoms with Gasteiger partial charge in [0.1, 0.15) is 11.4 Å². The van der Waals surface area contributed by atoms with Gasteiger partial charge in [0, 0.05) is 30.7 Å². The molecule has 0 spiro atoms. The fourth-order valence-corrected chi connectivity index (χ4v) is 4.64. The van der Waals surface area contributed by atoms with Crippen LogP contribution in [0, 0.1) is 6.92 Å². The van der Waals surface area contributed by atoms with Gasteiger partial charge >= 0.3 is 6.03 Å². The number of methoxy groups -OCH3 is 1. The zero-order valence-electron chi connectivity index (χ0n) is 20.2. The molecule has 2 N–H and O–H groups in total. The van der Waals surface area contributed by atoms with Crippen molar-refractivity contribution in [2.75, 3.05) is 30.0 Å². The number of ether oxygens (including phenoxy) is 1. The molecule has 0 atom stereocenters. The van der Waals surface area contributed by atoms with E-state index >= 15 is 0 Å². The van der Waals surface area contributed by atoms with Crippen LogP contribution in [0.15, 0.2) is 36.0 Å². The normalized spacial score (nSPS) is 17.0. The van der Waals surface area contributed by atoms with Gasteiger partial charge in [-0.1, -0.05) is 6.07 Å². The molecule has 0 radical (unpaired) electrons. The molecule has 0 bridgehead atoms. The van der Waals surface area contributed by atoms with Gasteiger partial charge in [-0.3, -0.25) is 10.1 Å². The number of anilines is 2. The number of nitrogens with zero attached hydrogens (tertiary/aromatic N) is 2. The van der Waals surface area contributed by atoms with E-state index in [1.54, 1.807) is 13.2 Å². The predicted octanol–water partition coefficient (Wildman–Crippen LogP) is 4.29. The first-order chi connectivity index (χ1) is 15.7. The van der Waals surface area contributed by atoms with Crippen molar-refractivity contribution in [1.82, 2.24) is 10.6 Å². The fraction of sp³-hybridized carbons (Fsp3) is 0.385. The SMILES string of the molecule is COc1ccc(/C=C2/NC(=O)NC2=O)cc1-c1cc2c(cc1C)N(C(C)C)CCN2C(C)C. The van der Waals surface area contributed by atoms with Gasteiger partial charge in [-0.25, -0.2) is 4.79 Å². The lowest BCUT2D eigenvalue weighted by Crippen LogP contribution is -2.46. The molecular weight excluding hydrogens is 416 g/mol. The van der Waals surface area contributed by atoms with Gasteiger partial charge in [-0.15, -0.1) is 0 Å². The number of aryl methyl sites for hydroxylation is 1. The lowest BCUT2D eigenvalue weighted by Gasteiger charge is -2.43. The van der Waals surface area contributed by atoms with Crippen molar-refractivity contribution >= 4 is 29.4 Å². The Morgan fingerprint density at radius 2 is 1.55 bits per heavy atom. The van der Waals surface area contributed by atoms with E-state index in [9.17, 15) is 9.59 Å². The molecule has 0 saturated carbocycles. The summed E-state index contributed by atoms with van der Waals surface area (Å²) in [7, 11) is 1.66. The predicted molar refractivity (Wildman–Crippen MR) is 133 cm³/mol. The minimum Gasteiger partial charge on any atom is -0.496 e. The van der Waals surface area contributed by atoms with Gasteiger partial charge in [0.25, 0.3) is 5.91 Å².